The Bertz CT molecular complexity index is 562. The summed E-state index contributed by atoms with van der Waals surface area (Å²) in [7, 11) is 0. The van der Waals surface area contributed by atoms with E-state index in [9.17, 15) is 19.3 Å². The Morgan fingerprint density at radius 2 is 2.10 bits per heavy atom. The first-order valence-electron chi connectivity index (χ1n) is 6.64. The van der Waals surface area contributed by atoms with E-state index in [1.54, 1.807) is 4.90 Å². The summed E-state index contributed by atoms with van der Waals surface area (Å²) in [5.41, 5.74) is -0.146. The Kier molecular flexibility index (Phi) is 5.11. The predicted molar refractivity (Wildman–Crippen MR) is 79.7 cm³/mol. The van der Waals surface area contributed by atoms with E-state index in [0.29, 0.717) is 0 Å². The lowest BCUT2D eigenvalue weighted by molar-refractivity contribution is -0.384. The summed E-state index contributed by atoms with van der Waals surface area (Å²) < 4.78 is 13.5. The van der Waals surface area contributed by atoms with Gasteiger partial charge in [0.2, 0.25) is 5.91 Å². The molecular formula is C13H15BrFN3O3. The van der Waals surface area contributed by atoms with Crippen molar-refractivity contribution in [2.45, 2.75) is 19.3 Å². The molecule has 1 aromatic carbocycles. The second-order valence-corrected chi connectivity index (χ2v) is 5.66. The van der Waals surface area contributed by atoms with Gasteiger partial charge in [-0.2, -0.15) is 0 Å². The van der Waals surface area contributed by atoms with Gasteiger partial charge in [0, 0.05) is 26.1 Å². The highest BCUT2D eigenvalue weighted by atomic mass is 79.9. The molecule has 0 radical (unpaired) electrons. The predicted octanol–water partition coefficient (Wildman–Crippen LogP) is 2.92. The molecule has 0 bridgehead atoms. The van der Waals surface area contributed by atoms with Gasteiger partial charge in [0.1, 0.15) is 11.5 Å². The number of nitrogens with zero attached hydrogens (tertiary/aromatic N) is 2. The standard InChI is InChI=1S/C13H15BrFN3O3/c14-9-7-11(12(18(20)21)8-10(9)15)16-4-3-13(19)17-5-1-2-6-17/h7-8,16H,1-6H2. The quantitative estimate of drug-likeness (QED) is 0.647. The monoisotopic (exact) mass is 359 g/mol. The molecule has 6 nitrogen and oxygen atoms in total. The highest BCUT2D eigenvalue weighted by Crippen LogP contribution is 2.30. The minimum absolute atomic E-state index is 0.0313. The molecule has 1 fully saturated rings. The number of rotatable bonds is 5. The SMILES string of the molecule is O=C(CCNc1cc(Br)c(F)cc1[N+](=O)[O-])N1CCCC1. The van der Waals surface area contributed by atoms with E-state index in [1.807, 2.05) is 0 Å². The highest BCUT2D eigenvalue weighted by Gasteiger charge is 2.19. The molecule has 2 rings (SSSR count). The second kappa shape index (κ2) is 6.84. The summed E-state index contributed by atoms with van der Waals surface area (Å²) in [4.78, 5) is 23.9. The largest absolute Gasteiger partial charge is 0.379 e. The molecule has 1 aliphatic rings. The molecule has 0 aromatic heterocycles. The van der Waals surface area contributed by atoms with E-state index in [-0.39, 0.29) is 34.7 Å². The molecular weight excluding hydrogens is 345 g/mol. The molecule has 1 aliphatic heterocycles. The van der Waals surface area contributed by atoms with Gasteiger partial charge >= 0.3 is 0 Å². The van der Waals surface area contributed by atoms with Crippen LogP contribution >= 0.6 is 15.9 Å². The van der Waals surface area contributed by atoms with E-state index >= 15 is 0 Å². The molecule has 0 unspecified atom stereocenters. The number of halogens is 2. The molecule has 1 heterocycles. The molecule has 1 saturated heterocycles. The molecule has 0 aliphatic carbocycles. The zero-order valence-electron chi connectivity index (χ0n) is 11.3. The van der Waals surface area contributed by atoms with Crippen molar-refractivity contribution >= 4 is 33.2 Å². The van der Waals surface area contributed by atoms with Crippen molar-refractivity contribution < 1.29 is 14.1 Å². The van der Waals surface area contributed by atoms with Crippen LogP contribution in [0.2, 0.25) is 0 Å². The van der Waals surface area contributed by atoms with Gasteiger partial charge < -0.3 is 10.2 Å². The van der Waals surface area contributed by atoms with Gasteiger partial charge in [-0.15, -0.1) is 0 Å². The zero-order valence-corrected chi connectivity index (χ0v) is 12.9. The number of nitrogens with one attached hydrogen (secondary N) is 1. The van der Waals surface area contributed by atoms with Crippen LogP contribution in [0.25, 0.3) is 0 Å². The summed E-state index contributed by atoms with van der Waals surface area (Å²) in [5, 5.41) is 13.7. The molecule has 0 spiro atoms. The topological polar surface area (TPSA) is 75.5 Å². The van der Waals surface area contributed by atoms with Gasteiger partial charge in [0.05, 0.1) is 15.5 Å². The molecule has 8 heteroatoms. The zero-order chi connectivity index (χ0) is 15.4. The Labute approximate surface area is 129 Å². The summed E-state index contributed by atoms with van der Waals surface area (Å²) in [6, 6.07) is 2.17. The van der Waals surface area contributed by atoms with Crippen LogP contribution in [0.15, 0.2) is 16.6 Å². The fourth-order valence-corrected chi connectivity index (χ4v) is 2.60. The Morgan fingerprint density at radius 3 is 2.71 bits per heavy atom. The number of carbonyl (C=O) groups excluding carboxylic acids is 1. The lowest BCUT2D eigenvalue weighted by Gasteiger charge is -2.15. The number of hydrogen-bond acceptors (Lipinski definition) is 4. The number of carbonyl (C=O) groups is 1. The minimum Gasteiger partial charge on any atom is -0.379 e. The third kappa shape index (κ3) is 3.90. The maximum atomic E-state index is 13.3. The maximum Gasteiger partial charge on any atom is 0.295 e. The van der Waals surface area contributed by atoms with E-state index < -0.39 is 10.7 Å². The van der Waals surface area contributed by atoms with Gasteiger partial charge in [-0.25, -0.2) is 4.39 Å². The van der Waals surface area contributed by atoms with Crippen molar-refractivity contribution in [2.75, 3.05) is 25.0 Å². The number of nitro groups is 1. The Balaban J connectivity index is 1.97. The van der Waals surface area contributed by atoms with Crippen LogP contribution in [-0.4, -0.2) is 35.4 Å². The van der Waals surface area contributed by atoms with Crippen molar-refractivity contribution in [1.82, 2.24) is 4.90 Å². The average molecular weight is 360 g/mol. The van der Waals surface area contributed by atoms with Gasteiger partial charge in [-0.3, -0.25) is 14.9 Å². The Hall–Kier alpha value is -1.70. The van der Waals surface area contributed by atoms with Crippen LogP contribution in [0.3, 0.4) is 0 Å². The molecule has 0 atom stereocenters. The summed E-state index contributed by atoms with van der Waals surface area (Å²) in [6.45, 7) is 1.83. The van der Waals surface area contributed by atoms with Crippen LogP contribution in [0.5, 0.6) is 0 Å². The Morgan fingerprint density at radius 1 is 1.43 bits per heavy atom. The van der Waals surface area contributed by atoms with Crippen molar-refractivity contribution in [3.8, 4) is 0 Å². The fraction of sp³-hybridized carbons (Fsp3) is 0.462. The van der Waals surface area contributed by atoms with Crippen LogP contribution in [0.4, 0.5) is 15.8 Å². The molecule has 1 amide bonds. The first kappa shape index (κ1) is 15.7. The lowest BCUT2D eigenvalue weighted by Crippen LogP contribution is -2.29. The first-order chi connectivity index (χ1) is 9.99. The molecule has 21 heavy (non-hydrogen) atoms. The van der Waals surface area contributed by atoms with Crippen LogP contribution in [-0.2, 0) is 4.79 Å². The average Bonchev–Trinajstić information content (AvgIpc) is 2.96. The van der Waals surface area contributed by atoms with Crippen LogP contribution < -0.4 is 5.32 Å². The van der Waals surface area contributed by atoms with Crippen molar-refractivity contribution in [1.29, 1.82) is 0 Å². The minimum atomic E-state index is -0.694. The lowest BCUT2D eigenvalue weighted by atomic mass is 10.2. The van der Waals surface area contributed by atoms with Gasteiger partial charge in [0.25, 0.3) is 5.69 Å². The highest BCUT2D eigenvalue weighted by molar-refractivity contribution is 9.10. The molecule has 114 valence electrons. The van der Waals surface area contributed by atoms with Crippen molar-refractivity contribution in [2.24, 2.45) is 0 Å². The maximum absolute atomic E-state index is 13.3. The summed E-state index contributed by atoms with van der Waals surface area (Å²) in [5.74, 6) is -0.663. The second-order valence-electron chi connectivity index (χ2n) is 4.81. The van der Waals surface area contributed by atoms with Crippen molar-refractivity contribution in [3.63, 3.8) is 0 Å². The molecule has 1 aromatic rings. The third-order valence-corrected chi connectivity index (χ3v) is 3.96. The van der Waals surface area contributed by atoms with Crippen LogP contribution in [0, 0.1) is 15.9 Å². The first-order valence-corrected chi connectivity index (χ1v) is 7.43. The smallest absolute Gasteiger partial charge is 0.295 e. The van der Waals surface area contributed by atoms with Crippen LogP contribution in [0.1, 0.15) is 19.3 Å². The normalized spacial score (nSPS) is 14.3. The summed E-state index contributed by atoms with van der Waals surface area (Å²) in [6.07, 6.45) is 2.30. The number of anilines is 1. The van der Waals surface area contributed by atoms with E-state index in [4.69, 9.17) is 0 Å². The number of benzene rings is 1. The van der Waals surface area contributed by atoms with E-state index in [2.05, 4.69) is 21.2 Å². The van der Waals surface area contributed by atoms with Crippen molar-refractivity contribution in [3.05, 3.63) is 32.5 Å². The summed E-state index contributed by atoms with van der Waals surface area (Å²) >= 11 is 2.99. The van der Waals surface area contributed by atoms with E-state index in [0.717, 1.165) is 32.0 Å². The molecule has 1 N–H and O–H groups in total. The van der Waals surface area contributed by atoms with E-state index in [1.165, 1.54) is 6.07 Å². The number of amides is 1. The van der Waals surface area contributed by atoms with Gasteiger partial charge in [-0.05, 0) is 34.8 Å². The number of hydrogen-bond donors (Lipinski definition) is 1. The number of likely N-dealkylation sites (tertiary alicyclic amines) is 1. The fourth-order valence-electron chi connectivity index (χ4n) is 2.26. The number of nitro benzene ring substituents is 1. The van der Waals surface area contributed by atoms with Gasteiger partial charge in [0.15, 0.2) is 0 Å². The molecule has 0 saturated carbocycles. The third-order valence-electron chi connectivity index (χ3n) is 3.35. The van der Waals surface area contributed by atoms with Gasteiger partial charge in [-0.1, -0.05) is 0 Å².